The number of amides is 2. The van der Waals surface area contributed by atoms with Crippen molar-refractivity contribution in [3.8, 4) is 0 Å². The van der Waals surface area contributed by atoms with Gasteiger partial charge in [-0.15, -0.1) is 0 Å². The van der Waals surface area contributed by atoms with Crippen molar-refractivity contribution in [1.29, 1.82) is 0 Å². The van der Waals surface area contributed by atoms with E-state index in [1.165, 1.54) is 4.90 Å². The molecule has 1 aromatic rings. The lowest BCUT2D eigenvalue weighted by molar-refractivity contribution is -0.131. The summed E-state index contributed by atoms with van der Waals surface area (Å²) in [6.07, 6.45) is 0.939. The van der Waals surface area contributed by atoms with Crippen LogP contribution in [0.4, 0.5) is 0 Å². The van der Waals surface area contributed by atoms with Crippen LogP contribution >= 0.6 is 15.9 Å². The Bertz CT molecular complexity index is 481. The summed E-state index contributed by atoms with van der Waals surface area (Å²) in [7, 11) is 1.60. The molecule has 0 saturated carbocycles. The van der Waals surface area contributed by atoms with Crippen LogP contribution in [0.2, 0.25) is 0 Å². The molecule has 1 aliphatic rings. The number of furan rings is 1. The minimum absolute atomic E-state index is 0.0322. The maximum atomic E-state index is 12.2. The van der Waals surface area contributed by atoms with E-state index in [2.05, 4.69) is 21.2 Å². The number of rotatable bonds is 3. The van der Waals surface area contributed by atoms with Gasteiger partial charge in [0.2, 0.25) is 5.91 Å². The van der Waals surface area contributed by atoms with Gasteiger partial charge in [-0.1, -0.05) is 0 Å². The summed E-state index contributed by atoms with van der Waals surface area (Å²) in [5.74, 6) is -0.100. The van der Waals surface area contributed by atoms with E-state index in [0.29, 0.717) is 11.2 Å². The summed E-state index contributed by atoms with van der Waals surface area (Å²) < 4.78 is 5.70. The second-order valence-electron chi connectivity index (χ2n) is 4.75. The Kier molecular flexibility index (Phi) is 5.19. The Balaban J connectivity index is 1.91. The number of likely N-dealkylation sites (N-methyl/N-ethyl adjacent to an activating group) is 1. The van der Waals surface area contributed by atoms with E-state index in [1.807, 2.05) is 0 Å². The van der Waals surface area contributed by atoms with Gasteiger partial charge in [0.15, 0.2) is 10.4 Å². The number of halogens is 1. The van der Waals surface area contributed by atoms with Crippen LogP contribution in [-0.4, -0.2) is 61.4 Å². The van der Waals surface area contributed by atoms with E-state index in [9.17, 15) is 9.59 Å². The number of carbonyl (C=O) groups excluding carboxylic acids is 2. The molecule has 0 spiro atoms. The van der Waals surface area contributed by atoms with Gasteiger partial charge in [0, 0.05) is 26.7 Å². The van der Waals surface area contributed by atoms with Gasteiger partial charge in [0.1, 0.15) is 0 Å². The average Bonchev–Trinajstić information content (AvgIpc) is 2.69. The molecule has 6 nitrogen and oxygen atoms in total. The van der Waals surface area contributed by atoms with Crippen molar-refractivity contribution >= 4 is 27.7 Å². The highest BCUT2D eigenvalue weighted by atomic mass is 79.9. The minimum Gasteiger partial charge on any atom is -0.444 e. The maximum absolute atomic E-state index is 12.2. The second-order valence-corrected chi connectivity index (χ2v) is 5.53. The zero-order chi connectivity index (χ0) is 14.5. The first-order chi connectivity index (χ1) is 9.58. The van der Waals surface area contributed by atoms with E-state index >= 15 is 0 Å². The highest BCUT2D eigenvalue weighted by Crippen LogP contribution is 2.15. The van der Waals surface area contributed by atoms with Crippen LogP contribution in [-0.2, 0) is 4.79 Å². The van der Waals surface area contributed by atoms with Crippen LogP contribution in [0.15, 0.2) is 21.2 Å². The first kappa shape index (κ1) is 15.1. The molecule has 0 aromatic carbocycles. The third-order valence-electron chi connectivity index (χ3n) is 3.20. The summed E-state index contributed by atoms with van der Waals surface area (Å²) in [5.41, 5.74) is 0. The van der Waals surface area contributed by atoms with Gasteiger partial charge in [-0.2, -0.15) is 0 Å². The first-order valence-corrected chi connectivity index (χ1v) is 7.36. The molecule has 0 bridgehead atoms. The fourth-order valence-electron chi connectivity index (χ4n) is 2.09. The smallest absolute Gasteiger partial charge is 0.289 e. The van der Waals surface area contributed by atoms with Crippen molar-refractivity contribution in [1.82, 2.24) is 15.1 Å². The molecule has 0 atom stereocenters. The van der Waals surface area contributed by atoms with Gasteiger partial charge in [-0.25, -0.2) is 0 Å². The molecular formula is C13H18BrN3O3. The maximum Gasteiger partial charge on any atom is 0.289 e. The first-order valence-electron chi connectivity index (χ1n) is 6.57. The van der Waals surface area contributed by atoms with E-state index in [0.717, 1.165) is 26.1 Å². The molecular weight excluding hydrogens is 326 g/mol. The van der Waals surface area contributed by atoms with Gasteiger partial charge in [-0.05, 0) is 41.0 Å². The van der Waals surface area contributed by atoms with Crippen molar-refractivity contribution < 1.29 is 14.0 Å². The molecule has 0 aliphatic carbocycles. The molecule has 110 valence electrons. The van der Waals surface area contributed by atoms with Crippen LogP contribution < -0.4 is 5.32 Å². The zero-order valence-corrected chi connectivity index (χ0v) is 13.0. The van der Waals surface area contributed by atoms with E-state index < -0.39 is 0 Å². The highest BCUT2D eigenvalue weighted by molar-refractivity contribution is 9.10. The summed E-state index contributed by atoms with van der Waals surface area (Å²) in [4.78, 5) is 27.4. The molecule has 0 radical (unpaired) electrons. The van der Waals surface area contributed by atoms with E-state index in [-0.39, 0.29) is 24.1 Å². The molecule has 1 saturated heterocycles. The van der Waals surface area contributed by atoms with Crippen LogP contribution in [0.1, 0.15) is 17.0 Å². The van der Waals surface area contributed by atoms with Crippen LogP contribution in [0, 0.1) is 0 Å². The van der Waals surface area contributed by atoms with E-state index in [4.69, 9.17) is 4.42 Å². The van der Waals surface area contributed by atoms with Crippen molar-refractivity contribution in [2.75, 3.05) is 39.8 Å². The molecule has 1 fully saturated rings. The topological polar surface area (TPSA) is 65.8 Å². The molecule has 1 aliphatic heterocycles. The average molecular weight is 344 g/mol. The molecule has 20 heavy (non-hydrogen) atoms. The molecule has 1 aromatic heterocycles. The van der Waals surface area contributed by atoms with Gasteiger partial charge in [-0.3, -0.25) is 9.59 Å². The van der Waals surface area contributed by atoms with Crippen LogP contribution in [0.25, 0.3) is 0 Å². The van der Waals surface area contributed by atoms with Crippen LogP contribution in [0.5, 0.6) is 0 Å². The zero-order valence-electron chi connectivity index (χ0n) is 11.4. The fraction of sp³-hybridized carbons (Fsp3) is 0.538. The van der Waals surface area contributed by atoms with Gasteiger partial charge in [0.05, 0.1) is 6.54 Å². The molecule has 7 heteroatoms. The third kappa shape index (κ3) is 3.83. The molecule has 1 N–H and O–H groups in total. The summed E-state index contributed by atoms with van der Waals surface area (Å²) in [5, 5.41) is 3.24. The van der Waals surface area contributed by atoms with Crippen LogP contribution in [0.3, 0.4) is 0 Å². The van der Waals surface area contributed by atoms with Crippen molar-refractivity contribution in [2.24, 2.45) is 0 Å². The highest BCUT2D eigenvalue weighted by Gasteiger charge is 2.21. The predicted molar refractivity (Wildman–Crippen MR) is 77.4 cm³/mol. The SMILES string of the molecule is CN(CC(=O)N1CCCNCC1)C(=O)c1ccc(Br)o1. The minimum atomic E-state index is -0.294. The van der Waals surface area contributed by atoms with Gasteiger partial charge < -0.3 is 19.5 Å². The quantitative estimate of drug-likeness (QED) is 0.886. The Labute approximate surface area is 126 Å². The monoisotopic (exact) mass is 343 g/mol. The van der Waals surface area contributed by atoms with Crippen molar-refractivity contribution in [2.45, 2.75) is 6.42 Å². The number of nitrogens with one attached hydrogen (secondary N) is 1. The van der Waals surface area contributed by atoms with E-state index in [1.54, 1.807) is 24.1 Å². The van der Waals surface area contributed by atoms with Gasteiger partial charge in [0.25, 0.3) is 5.91 Å². The largest absolute Gasteiger partial charge is 0.444 e. The van der Waals surface area contributed by atoms with Crippen molar-refractivity contribution in [3.05, 3.63) is 22.6 Å². The molecule has 2 heterocycles. The number of nitrogens with zero attached hydrogens (tertiary/aromatic N) is 2. The lowest BCUT2D eigenvalue weighted by atomic mass is 10.3. The standard InChI is InChI=1S/C13H18BrN3O3/c1-16(13(19)10-3-4-11(14)20-10)9-12(18)17-7-2-5-15-6-8-17/h3-4,15H,2,5-9H2,1H3. The Morgan fingerprint density at radius 1 is 1.40 bits per heavy atom. The Morgan fingerprint density at radius 2 is 2.20 bits per heavy atom. The number of hydrogen-bond donors (Lipinski definition) is 1. The fourth-order valence-corrected chi connectivity index (χ4v) is 2.39. The summed E-state index contributed by atoms with van der Waals surface area (Å²) in [6, 6.07) is 3.24. The lowest BCUT2D eigenvalue weighted by Gasteiger charge is -2.23. The Hall–Kier alpha value is -1.34. The van der Waals surface area contributed by atoms with Gasteiger partial charge >= 0.3 is 0 Å². The third-order valence-corrected chi connectivity index (χ3v) is 3.62. The summed E-state index contributed by atoms with van der Waals surface area (Å²) >= 11 is 3.15. The second kappa shape index (κ2) is 6.90. The number of hydrogen-bond acceptors (Lipinski definition) is 4. The predicted octanol–water partition coefficient (Wildman–Crippen LogP) is 0.936. The normalized spacial score (nSPS) is 15.8. The molecule has 2 amide bonds. The molecule has 2 rings (SSSR count). The lowest BCUT2D eigenvalue weighted by Crippen LogP contribution is -2.42. The Morgan fingerprint density at radius 3 is 2.90 bits per heavy atom. The molecule has 0 unspecified atom stereocenters. The van der Waals surface area contributed by atoms with Crippen molar-refractivity contribution in [3.63, 3.8) is 0 Å². The summed E-state index contributed by atoms with van der Waals surface area (Å²) in [6.45, 7) is 3.22. The number of carbonyl (C=O) groups is 2.